The lowest BCUT2D eigenvalue weighted by Gasteiger charge is -2.25. The Morgan fingerprint density at radius 1 is 1.37 bits per heavy atom. The molecule has 0 unspecified atom stereocenters. The number of pyridine rings is 1. The Hall–Kier alpha value is -2.28. The summed E-state index contributed by atoms with van der Waals surface area (Å²) >= 11 is 0. The van der Waals surface area contributed by atoms with E-state index in [2.05, 4.69) is 4.98 Å². The third kappa shape index (κ3) is 2.08. The van der Waals surface area contributed by atoms with Gasteiger partial charge in [-0.2, -0.15) is 5.26 Å². The van der Waals surface area contributed by atoms with Gasteiger partial charge in [0.2, 0.25) is 0 Å². The highest BCUT2D eigenvalue weighted by atomic mass is 16.5. The first-order chi connectivity index (χ1) is 9.29. The second-order valence-electron chi connectivity index (χ2n) is 4.92. The molecule has 1 aromatic carbocycles. The highest BCUT2D eigenvalue weighted by Crippen LogP contribution is 2.30. The van der Waals surface area contributed by atoms with Gasteiger partial charge in [-0.25, -0.2) is 0 Å². The molecular formula is C15H14N2O2. The average Bonchev–Trinajstić information content (AvgIpc) is 2.36. The predicted molar refractivity (Wildman–Crippen MR) is 72.1 cm³/mol. The summed E-state index contributed by atoms with van der Waals surface area (Å²) in [4.78, 5) is 14.6. The molecule has 0 atom stereocenters. The van der Waals surface area contributed by atoms with Crippen LogP contribution in [0.25, 0.3) is 10.9 Å². The number of hydrogen-bond acceptors (Lipinski definition) is 3. The van der Waals surface area contributed by atoms with Crippen LogP contribution < -0.4 is 10.3 Å². The SMILES string of the molecule is N#Cc1c(OCC2CCC2)c2ccccc2[nH]c1=O. The predicted octanol–water partition coefficient (Wildman–Crippen LogP) is 2.58. The molecule has 1 N–H and O–H groups in total. The number of H-pyrrole nitrogens is 1. The molecule has 0 radical (unpaired) electrons. The van der Waals surface area contributed by atoms with Gasteiger partial charge in [0.15, 0.2) is 11.3 Å². The Balaban J connectivity index is 2.07. The van der Waals surface area contributed by atoms with Gasteiger partial charge in [0.05, 0.1) is 12.1 Å². The number of aromatic amines is 1. The third-order valence-electron chi connectivity index (χ3n) is 3.67. The second-order valence-corrected chi connectivity index (χ2v) is 4.92. The maximum Gasteiger partial charge on any atom is 0.270 e. The van der Waals surface area contributed by atoms with Crippen molar-refractivity contribution in [1.82, 2.24) is 4.98 Å². The lowest BCUT2D eigenvalue weighted by Crippen LogP contribution is -2.21. The van der Waals surface area contributed by atoms with Gasteiger partial charge < -0.3 is 9.72 Å². The fourth-order valence-corrected chi connectivity index (χ4v) is 2.32. The molecule has 19 heavy (non-hydrogen) atoms. The van der Waals surface area contributed by atoms with Crippen LogP contribution in [0.2, 0.25) is 0 Å². The van der Waals surface area contributed by atoms with Gasteiger partial charge in [-0.3, -0.25) is 4.79 Å². The number of rotatable bonds is 3. The van der Waals surface area contributed by atoms with Crippen LogP contribution in [0.5, 0.6) is 5.75 Å². The lowest BCUT2D eigenvalue weighted by atomic mass is 9.86. The second kappa shape index (κ2) is 4.77. The summed E-state index contributed by atoms with van der Waals surface area (Å²) in [6, 6.07) is 9.34. The smallest absolute Gasteiger partial charge is 0.270 e. The van der Waals surface area contributed by atoms with Crippen LogP contribution in [0.4, 0.5) is 0 Å². The van der Waals surface area contributed by atoms with Crippen molar-refractivity contribution in [2.75, 3.05) is 6.61 Å². The molecule has 0 spiro atoms. The number of nitriles is 1. The van der Waals surface area contributed by atoms with Gasteiger partial charge in [0, 0.05) is 5.39 Å². The van der Waals surface area contributed by atoms with Crippen LogP contribution in [-0.4, -0.2) is 11.6 Å². The van der Waals surface area contributed by atoms with E-state index >= 15 is 0 Å². The van der Waals surface area contributed by atoms with Crippen molar-refractivity contribution < 1.29 is 4.74 Å². The topological polar surface area (TPSA) is 65.9 Å². The Morgan fingerprint density at radius 3 is 2.84 bits per heavy atom. The fraction of sp³-hybridized carbons (Fsp3) is 0.333. The normalized spacial score (nSPS) is 14.9. The molecular weight excluding hydrogens is 240 g/mol. The van der Waals surface area contributed by atoms with Crippen LogP contribution in [0.3, 0.4) is 0 Å². The van der Waals surface area contributed by atoms with E-state index < -0.39 is 0 Å². The van der Waals surface area contributed by atoms with Crippen LogP contribution in [0, 0.1) is 17.2 Å². The number of fused-ring (bicyclic) bond motifs is 1. The van der Waals surface area contributed by atoms with E-state index in [0.717, 1.165) is 5.39 Å². The zero-order valence-electron chi connectivity index (χ0n) is 10.5. The molecule has 4 heteroatoms. The molecule has 1 fully saturated rings. The number of para-hydroxylation sites is 1. The Bertz CT molecular complexity index is 708. The molecule has 96 valence electrons. The number of benzene rings is 1. The molecule has 4 nitrogen and oxygen atoms in total. The summed E-state index contributed by atoms with van der Waals surface area (Å²) in [6.45, 7) is 0.585. The molecule has 1 saturated carbocycles. The minimum atomic E-state index is -0.384. The summed E-state index contributed by atoms with van der Waals surface area (Å²) < 4.78 is 5.78. The first-order valence-electron chi connectivity index (χ1n) is 6.47. The van der Waals surface area contributed by atoms with Crippen molar-refractivity contribution in [1.29, 1.82) is 5.26 Å². The van der Waals surface area contributed by atoms with Crippen molar-refractivity contribution in [2.24, 2.45) is 5.92 Å². The van der Waals surface area contributed by atoms with Gasteiger partial charge in [-0.15, -0.1) is 0 Å². The van der Waals surface area contributed by atoms with Gasteiger partial charge >= 0.3 is 0 Å². The molecule has 1 aromatic heterocycles. The molecule has 1 heterocycles. The monoisotopic (exact) mass is 254 g/mol. The van der Waals surface area contributed by atoms with Gasteiger partial charge in [-0.1, -0.05) is 18.6 Å². The Morgan fingerprint density at radius 2 is 2.16 bits per heavy atom. The van der Waals surface area contributed by atoms with Gasteiger partial charge in [-0.05, 0) is 30.9 Å². The van der Waals surface area contributed by atoms with E-state index in [1.54, 1.807) is 0 Å². The highest BCUT2D eigenvalue weighted by Gasteiger charge is 2.20. The number of nitrogens with zero attached hydrogens (tertiary/aromatic N) is 1. The first kappa shape index (κ1) is 11.8. The maximum absolute atomic E-state index is 11.9. The van der Waals surface area contributed by atoms with Gasteiger partial charge in [0.25, 0.3) is 5.56 Å². The van der Waals surface area contributed by atoms with E-state index in [1.807, 2.05) is 30.3 Å². The van der Waals surface area contributed by atoms with E-state index in [9.17, 15) is 4.79 Å². The van der Waals surface area contributed by atoms with Crippen LogP contribution in [0.15, 0.2) is 29.1 Å². The maximum atomic E-state index is 11.9. The van der Waals surface area contributed by atoms with Crippen LogP contribution >= 0.6 is 0 Å². The molecule has 1 aliphatic carbocycles. The number of nitrogens with one attached hydrogen (secondary N) is 1. The molecule has 0 bridgehead atoms. The Labute approximate surface area is 110 Å². The molecule has 3 rings (SSSR count). The van der Waals surface area contributed by atoms with E-state index in [1.165, 1.54) is 19.3 Å². The number of hydrogen-bond donors (Lipinski definition) is 1. The third-order valence-corrected chi connectivity index (χ3v) is 3.67. The van der Waals surface area contributed by atoms with Crippen LogP contribution in [0.1, 0.15) is 24.8 Å². The molecule has 1 aliphatic rings. The van der Waals surface area contributed by atoms with E-state index in [4.69, 9.17) is 10.00 Å². The Kier molecular flexibility index (Phi) is 2.96. The average molecular weight is 254 g/mol. The summed E-state index contributed by atoms with van der Waals surface area (Å²) in [6.07, 6.45) is 3.58. The zero-order chi connectivity index (χ0) is 13.2. The summed E-state index contributed by atoms with van der Waals surface area (Å²) in [5.41, 5.74) is 0.387. The fourth-order valence-electron chi connectivity index (χ4n) is 2.32. The lowest BCUT2D eigenvalue weighted by molar-refractivity contribution is 0.181. The minimum Gasteiger partial charge on any atom is -0.491 e. The van der Waals surface area contributed by atoms with Crippen molar-refractivity contribution in [3.8, 4) is 11.8 Å². The quantitative estimate of drug-likeness (QED) is 0.915. The van der Waals surface area contributed by atoms with Crippen molar-refractivity contribution in [3.63, 3.8) is 0 Å². The zero-order valence-corrected chi connectivity index (χ0v) is 10.5. The minimum absolute atomic E-state index is 0.0676. The van der Waals surface area contributed by atoms with Gasteiger partial charge in [0.1, 0.15) is 6.07 Å². The van der Waals surface area contributed by atoms with Crippen molar-refractivity contribution >= 4 is 10.9 Å². The number of ether oxygens (including phenoxy) is 1. The molecule has 0 aliphatic heterocycles. The molecule has 2 aromatic rings. The standard InChI is InChI=1S/C15H14N2O2/c16-8-12-14(19-9-10-4-3-5-10)11-6-1-2-7-13(11)17-15(12)18/h1-2,6-7,10H,3-5,9H2,(H,17,18). The summed E-state index contributed by atoms with van der Waals surface area (Å²) in [7, 11) is 0. The first-order valence-corrected chi connectivity index (χ1v) is 6.47. The van der Waals surface area contributed by atoms with Crippen molar-refractivity contribution in [3.05, 3.63) is 40.2 Å². The molecule has 0 saturated heterocycles. The molecule has 0 amide bonds. The van der Waals surface area contributed by atoms with Crippen molar-refractivity contribution in [2.45, 2.75) is 19.3 Å². The summed E-state index contributed by atoms with van der Waals surface area (Å²) in [5.74, 6) is 0.985. The van der Waals surface area contributed by atoms with Crippen LogP contribution in [-0.2, 0) is 0 Å². The van der Waals surface area contributed by atoms with E-state index in [0.29, 0.717) is 23.8 Å². The largest absolute Gasteiger partial charge is 0.491 e. The number of aromatic nitrogens is 1. The summed E-state index contributed by atoms with van der Waals surface area (Å²) in [5, 5.41) is 9.93. The van der Waals surface area contributed by atoms with E-state index in [-0.39, 0.29) is 11.1 Å². The highest BCUT2D eigenvalue weighted by molar-refractivity contribution is 5.86.